The summed E-state index contributed by atoms with van der Waals surface area (Å²) in [6.07, 6.45) is 7.51. The van der Waals surface area contributed by atoms with Crippen LogP contribution in [0.5, 0.6) is 0 Å². The minimum absolute atomic E-state index is 0.576. The van der Waals surface area contributed by atoms with Crippen molar-refractivity contribution in [3.8, 4) is 11.4 Å². The van der Waals surface area contributed by atoms with Crippen molar-refractivity contribution in [3.63, 3.8) is 0 Å². The Hall–Kier alpha value is -1.77. The Kier molecular flexibility index (Phi) is 2.82. The highest BCUT2D eigenvalue weighted by atomic mass is 14.9. The average Bonchev–Trinajstić information content (AvgIpc) is 2.93. The predicted molar refractivity (Wildman–Crippen MR) is 75.3 cm³/mol. The Morgan fingerprint density at radius 1 is 1.44 bits per heavy atom. The fourth-order valence-electron chi connectivity index (χ4n) is 2.34. The summed E-state index contributed by atoms with van der Waals surface area (Å²) < 4.78 is 0. The molecule has 0 unspecified atom stereocenters. The third-order valence-corrected chi connectivity index (χ3v) is 3.60. The van der Waals surface area contributed by atoms with Crippen LogP contribution in [-0.4, -0.2) is 22.2 Å². The highest BCUT2D eigenvalue weighted by Crippen LogP contribution is 2.28. The molecule has 0 radical (unpaired) electrons. The van der Waals surface area contributed by atoms with Crippen LogP contribution in [0.1, 0.15) is 36.6 Å². The van der Waals surface area contributed by atoms with E-state index in [1.807, 2.05) is 18.5 Å². The van der Waals surface area contributed by atoms with Crippen molar-refractivity contribution >= 4 is 6.21 Å². The second-order valence-corrected chi connectivity index (χ2v) is 4.96. The lowest BCUT2D eigenvalue weighted by Gasteiger charge is -1.99. The van der Waals surface area contributed by atoms with Crippen LogP contribution < -0.4 is 0 Å². The number of H-pyrrole nitrogens is 2. The molecule has 2 heterocycles. The molecule has 0 spiro atoms. The van der Waals surface area contributed by atoms with Crippen LogP contribution in [0.3, 0.4) is 0 Å². The maximum Gasteiger partial charge on any atom is 0.0659 e. The SMILES string of the molecule is CCc1c(-c2ccc[nH]2)[nH]c(C=NC2CC2)c1C. The standard InChI is InChI=1S/C15H19N3/c1-3-12-10(2)14(9-17-11-6-7-11)18-15(12)13-5-4-8-16-13/h4-5,8-9,11,16,18H,3,6-7H2,1-2H3. The zero-order chi connectivity index (χ0) is 12.5. The maximum atomic E-state index is 4.57. The Labute approximate surface area is 107 Å². The van der Waals surface area contributed by atoms with E-state index in [1.165, 1.54) is 29.7 Å². The molecule has 0 aliphatic heterocycles. The van der Waals surface area contributed by atoms with Crippen molar-refractivity contribution in [1.82, 2.24) is 9.97 Å². The van der Waals surface area contributed by atoms with E-state index in [-0.39, 0.29) is 0 Å². The molecule has 1 fully saturated rings. The van der Waals surface area contributed by atoms with Gasteiger partial charge in [0.25, 0.3) is 0 Å². The molecule has 3 nitrogen and oxygen atoms in total. The molecule has 3 heteroatoms. The van der Waals surface area contributed by atoms with Gasteiger partial charge >= 0.3 is 0 Å². The highest BCUT2D eigenvalue weighted by molar-refractivity contribution is 5.83. The third-order valence-electron chi connectivity index (χ3n) is 3.60. The molecule has 0 aromatic carbocycles. The minimum atomic E-state index is 0.576. The largest absolute Gasteiger partial charge is 0.360 e. The molecule has 94 valence electrons. The first-order valence-corrected chi connectivity index (χ1v) is 6.68. The number of aromatic amines is 2. The van der Waals surface area contributed by atoms with Gasteiger partial charge in [-0.25, -0.2) is 0 Å². The summed E-state index contributed by atoms with van der Waals surface area (Å²) in [5, 5.41) is 0. The van der Waals surface area contributed by atoms with Gasteiger partial charge < -0.3 is 9.97 Å². The molecule has 0 amide bonds. The Morgan fingerprint density at radius 3 is 2.89 bits per heavy atom. The van der Waals surface area contributed by atoms with Crippen LogP contribution in [0.25, 0.3) is 11.4 Å². The molecule has 2 aromatic rings. The van der Waals surface area contributed by atoms with Gasteiger partial charge in [0, 0.05) is 12.4 Å². The van der Waals surface area contributed by atoms with Crippen molar-refractivity contribution in [3.05, 3.63) is 35.2 Å². The molecule has 2 N–H and O–H groups in total. The van der Waals surface area contributed by atoms with Gasteiger partial charge in [0.2, 0.25) is 0 Å². The highest BCUT2D eigenvalue weighted by Gasteiger charge is 2.20. The van der Waals surface area contributed by atoms with Gasteiger partial charge in [-0.15, -0.1) is 0 Å². The Balaban J connectivity index is 2.00. The van der Waals surface area contributed by atoms with Crippen molar-refractivity contribution < 1.29 is 0 Å². The van der Waals surface area contributed by atoms with Crippen LogP contribution in [0, 0.1) is 6.92 Å². The normalized spacial score (nSPS) is 15.7. The Bertz CT molecular complexity index is 557. The van der Waals surface area contributed by atoms with Crippen LogP contribution in [0.15, 0.2) is 23.3 Å². The number of aromatic nitrogens is 2. The fraction of sp³-hybridized carbons (Fsp3) is 0.400. The van der Waals surface area contributed by atoms with Gasteiger partial charge in [-0.1, -0.05) is 6.92 Å². The van der Waals surface area contributed by atoms with Crippen molar-refractivity contribution in [2.75, 3.05) is 0 Å². The van der Waals surface area contributed by atoms with Gasteiger partial charge in [-0.3, -0.25) is 4.99 Å². The van der Waals surface area contributed by atoms with Gasteiger partial charge in [-0.05, 0) is 49.4 Å². The summed E-state index contributed by atoms with van der Waals surface area (Å²) in [4.78, 5) is 11.3. The fourth-order valence-corrected chi connectivity index (χ4v) is 2.34. The molecule has 1 saturated carbocycles. The molecule has 18 heavy (non-hydrogen) atoms. The first-order valence-electron chi connectivity index (χ1n) is 6.68. The second kappa shape index (κ2) is 4.48. The lowest BCUT2D eigenvalue weighted by atomic mass is 10.1. The molecular weight excluding hydrogens is 222 g/mol. The molecule has 3 rings (SSSR count). The van der Waals surface area contributed by atoms with Crippen molar-refractivity contribution in [1.29, 1.82) is 0 Å². The number of rotatable bonds is 4. The summed E-state index contributed by atoms with van der Waals surface area (Å²) in [6.45, 7) is 4.38. The van der Waals surface area contributed by atoms with E-state index in [4.69, 9.17) is 0 Å². The summed E-state index contributed by atoms with van der Waals surface area (Å²) in [6, 6.07) is 4.71. The van der Waals surface area contributed by atoms with Gasteiger partial charge in [0.15, 0.2) is 0 Å². The lowest BCUT2D eigenvalue weighted by Crippen LogP contribution is -1.87. The van der Waals surface area contributed by atoms with Crippen LogP contribution in [0.4, 0.5) is 0 Å². The van der Waals surface area contributed by atoms with E-state index in [9.17, 15) is 0 Å². The number of hydrogen-bond donors (Lipinski definition) is 2. The molecule has 1 aliphatic carbocycles. The second-order valence-electron chi connectivity index (χ2n) is 4.96. The zero-order valence-corrected chi connectivity index (χ0v) is 11.0. The quantitative estimate of drug-likeness (QED) is 0.770. The van der Waals surface area contributed by atoms with Gasteiger partial charge in [0.05, 0.1) is 23.1 Å². The Morgan fingerprint density at radius 2 is 2.28 bits per heavy atom. The number of hydrogen-bond acceptors (Lipinski definition) is 1. The number of nitrogens with one attached hydrogen (secondary N) is 2. The summed E-state index contributed by atoms with van der Waals surface area (Å²) in [7, 11) is 0. The lowest BCUT2D eigenvalue weighted by molar-refractivity contribution is 1.07. The zero-order valence-electron chi connectivity index (χ0n) is 11.0. The van der Waals surface area contributed by atoms with Crippen LogP contribution in [-0.2, 0) is 6.42 Å². The average molecular weight is 241 g/mol. The topological polar surface area (TPSA) is 43.9 Å². The van der Waals surface area contributed by atoms with Gasteiger partial charge in [0.1, 0.15) is 0 Å². The monoisotopic (exact) mass is 241 g/mol. The van der Waals surface area contributed by atoms with E-state index < -0.39 is 0 Å². The first-order chi connectivity index (χ1) is 8.79. The van der Waals surface area contributed by atoms with Crippen LogP contribution in [0.2, 0.25) is 0 Å². The molecule has 2 aromatic heterocycles. The minimum Gasteiger partial charge on any atom is -0.360 e. The van der Waals surface area contributed by atoms with Crippen molar-refractivity contribution in [2.24, 2.45) is 4.99 Å². The molecule has 1 aliphatic rings. The van der Waals surface area contributed by atoms with Gasteiger partial charge in [-0.2, -0.15) is 0 Å². The predicted octanol–water partition coefficient (Wildman–Crippen LogP) is 3.46. The maximum absolute atomic E-state index is 4.57. The van der Waals surface area contributed by atoms with E-state index in [0.717, 1.165) is 17.8 Å². The van der Waals surface area contributed by atoms with E-state index in [0.29, 0.717) is 6.04 Å². The number of aliphatic imine (C=N–C) groups is 1. The molecule has 0 saturated heterocycles. The molecule has 0 bridgehead atoms. The number of nitrogens with zero attached hydrogens (tertiary/aromatic N) is 1. The van der Waals surface area contributed by atoms with Crippen LogP contribution >= 0.6 is 0 Å². The van der Waals surface area contributed by atoms with E-state index >= 15 is 0 Å². The summed E-state index contributed by atoms with van der Waals surface area (Å²) >= 11 is 0. The third kappa shape index (κ3) is 2.01. The van der Waals surface area contributed by atoms with E-state index in [2.05, 4.69) is 34.9 Å². The molecule has 0 atom stereocenters. The van der Waals surface area contributed by atoms with Crippen molar-refractivity contribution in [2.45, 2.75) is 39.2 Å². The summed E-state index contributed by atoms with van der Waals surface area (Å²) in [5.41, 5.74) is 6.22. The van der Waals surface area contributed by atoms with E-state index in [1.54, 1.807) is 0 Å². The summed E-state index contributed by atoms with van der Waals surface area (Å²) in [5.74, 6) is 0. The first kappa shape index (κ1) is 11.3. The molecular formula is C15H19N3. The smallest absolute Gasteiger partial charge is 0.0659 e.